The first-order valence-corrected chi connectivity index (χ1v) is 12.2. The van der Waals surface area contributed by atoms with Crippen molar-refractivity contribution in [2.24, 2.45) is 0 Å². The SMILES string of the molecule is COc1cc(C(C)=O)ccc1OCC(O)CSc1nnc(-c2ccco2)n1C1CCCCC1. The number of furan rings is 1. The number of methoxy groups -OCH3 is 1. The van der Waals surface area contributed by atoms with Crippen LogP contribution in [-0.4, -0.2) is 51.2 Å². The molecule has 1 aromatic carbocycles. The van der Waals surface area contributed by atoms with Crippen molar-refractivity contribution in [2.75, 3.05) is 19.5 Å². The predicted octanol–water partition coefficient (Wildman–Crippen LogP) is 4.79. The van der Waals surface area contributed by atoms with Crippen LogP contribution in [0, 0.1) is 0 Å². The van der Waals surface area contributed by atoms with E-state index in [1.165, 1.54) is 45.1 Å². The summed E-state index contributed by atoms with van der Waals surface area (Å²) in [5, 5.41) is 20.1. The van der Waals surface area contributed by atoms with Gasteiger partial charge in [-0.3, -0.25) is 9.36 Å². The molecule has 1 saturated carbocycles. The fourth-order valence-electron chi connectivity index (χ4n) is 4.03. The Morgan fingerprint density at radius 3 is 2.76 bits per heavy atom. The van der Waals surface area contributed by atoms with Gasteiger partial charge >= 0.3 is 0 Å². The van der Waals surface area contributed by atoms with Gasteiger partial charge in [-0.1, -0.05) is 31.0 Å². The highest BCUT2D eigenvalue weighted by Gasteiger charge is 2.25. The molecule has 8 nitrogen and oxygen atoms in total. The van der Waals surface area contributed by atoms with Crippen molar-refractivity contribution in [3.63, 3.8) is 0 Å². The normalized spacial score (nSPS) is 15.4. The smallest absolute Gasteiger partial charge is 0.200 e. The van der Waals surface area contributed by atoms with Crippen LogP contribution in [-0.2, 0) is 0 Å². The highest BCUT2D eigenvalue weighted by molar-refractivity contribution is 7.99. The molecule has 33 heavy (non-hydrogen) atoms. The Hall–Kier alpha value is -2.78. The van der Waals surface area contributed by atoms with Crippen molar-refractivity contribution in [3.8, 4) is 23.1 Å². The number of aliphatic hydroxyl groups is 1. The van der Waals surface area contributed by atoms with Gasteiger partial charge in [0.15, 0.2) is 28.2 Å². The fraction of sp³-hybridized carbons (Fsp3) is 0.458. The molecule has 1 aliphatic carbocycles. The minimum Gasteiger partial charge on any atom is -0.493 e. The standard InChI is InChI=1S/C24H29N3O5S/c1-16(28)17-10-11-20(22(13-17)30-2)32-14-19(29)15-33-24-26-25-23(21-9-6-12-31-21)27(24)18-7-4-3-5-8-18/h6,9-13,18-19,29H,3-5,7-8,14-15H2,1-2H3. The lowest BCUT2D eigenvalue weighted by molar-refractivity contribution is 0.101. The lowest BCUT2D eigenvalue weighted by Gasteiger charge is -2.25. The van der Waals surface area contributed by atoms with E-state index in [9.17, 15) is 9.90 Å². The van der Waals surface area contributed by atoms with E-state index in [1.807, 2.05) is 12.1 Å². The highest BCUT2D eigenvalue weighted by Crippen LogP contribution is 2.36. The molecule has 1 N–H and O–H groups in total. The summed E-state index contributed by atoms with van der Waals surface area (Å²) < 4.78 is 18.8. The van der Waals surface area contributed by atoms with Gasteiger partial charge in [0.2, 0.25) is 5.82 Å². The van der Waals surface area contributed by atoms with E-state index in [2.05, 4.69) is 14.8 Å². The van der Waals surface area contributed by atoms with Crippen molar-refractivity contribution in [1.29, 1.82) is 0 Å². The van der Waals surface area contributed by atoms with Crippen LogP contribution in [0.1, 0.15) is 55.4 Å². The van der Waals surface area contributed by atoms with Crippen LogP contribution < -0.4 is 9.47 Å². The number of ether oxygens (including phenoxy) is 2. The van der Waals surface area contributed by atoms with E-state index in [1.54, 1.807) is 24.5 Å². The molecule has 0 spiro atoms. The summed E-state index contributed by atoms with van der Waals surface area (Å²) in [7, 11) is 1.52. The second-order valence-corrected chi connectivity index (χ2v) is 9.13. The second kappa shape index (κ2) is 10.9. The number of benzene rings is 1. The van der Waals surface area contributed by atoms with Crippen LogP contribution in [0.25, 0.3) is 11.6 Å². The van der Waals surface area contributed by atoms with Gasteiger partial charge in [-0.05, 0) is 50.1 Å². The number of ketones is 1. The fourth-order valence-corrected chi connectivity index (χ4v) is 4.94. The summed E-state index contributed by atoms with van der Waals surface area (Å²) in [6, 6.07) is 9.08. The number of carbonyl (C=O) groups excluding carboxylic acids is 1. The third-order valence-electron chi connectivity index (χ3n) is 5.75. The van der Waals surface area contributed by atoms with Crippen LogP contribution in [0.3, 0.4) is 0 Å². The van der Waals surface area contributed by atoms with Gasteiger partial charge in [-0.2, -0.15) is 0 Å². The number of nitrogens with zero attached hydrogens (tertiary/aromatic N) is 3. The minimum absolute atomic E-state index is 0.0488. The van der Waals surface area contributed by atoms with Crippen LogP contribution in [0.2, 0.25) is 0 Å². The predicted molar refractivity (Wildman–Crippen MR) is 125 cm³/mol. The molecule has 4 rings (SSSR count). The molecule has 0 radical (unpaired) electrons. The maximum atomic E-state index is 11.6. The number of aromatic nitrogens is 3. The van der Waals surface area contributed by atoms with Crippen molar-refractivity contribution < 1.29 is 23.8 Å². The average Bonchev–Trinajstić information content (AvgIpc) is 3.51. The summed E-state index contributed by atoms with van der Waals surface area (Å²) in [5.74, 6) is 2.73. The molecule has 0 saturated heterocycles. The van der Waals surface area contributed by atoms with E-state index in [-0.39, 0.29) is 12.4 Å². The molecule has 3 aromatic rings. The van der Waals surface area contributed by atoms with Crippen LogP contribution in [0.15, 0.2) is 46.2 Å². The van der Waals surface area contributed by atoms with E-state index >= 15 is 0 Å². The second-order valence-electron chi connectivity index (χ2n) is 8.14. The molecule has 2 aromatic heterocycles. The first-order valence-electron chi connectivity index (χ1n) is 11.2. The van der Waals surface area contributed by atoms with Crippen LogP contribution in [0.5, 0.6) is 11.5 Å². The number of hydrogen-bond acceptors (Lipinski definition) is 8. The number of carbonyl (C=O) groups is 1. The van der Waals surface area contributed by atoms with Gasteiger partial charge in [0.1, 0.15) is 6.61 Å². The average molecular weight is 472 g/mol. The zero-order valence-electron chi connectivity index (χ0n) is 18.9. The Balaban J connectivity index is 1.41. The van der Waals surface area contributed by atoms with Crippen molar-refractivity contribution in [2.45, 2.75) is 56.3 Å². The lowest BCUT2D eigenvalue weighted by atomic mass is 9.95. The zero-order chi connectivity index (χ0) is 23.2. The Morgan fingerprint density at radius 1 is 1.24 bits per heavy atom. The molecular formula is C24H29N3O5S. The molecule has 1 aliphatic rings. The van der Waals surface area contributed by atoms with E-state index in [0.717, 1.165) is 23.8 Å². The van der Waals surface area contributed by atoms with Gasteiger partial charge in [-0.25, -0.2) is 0 Å². The number of Topliss-reactive ketones (excluding diaryl/α,β-unsaturated/α-hetero) is 1. The zero-order valence-corrected chi connectivity index (χ0v) is 19.7. The lowest BCUT2D eigenvalue weighted by Crippen LogP contribution is -2.21. The molecule has 0 aliphatic heterocycles. The molecule has 176 valence electrons. The largest absolute Gasteiger partial charge is 0.493 e. The highest BCUT2D eigenvalue weighted by atomic mass is 32.2. The number of thioether (sulfide) groups is 1. The van der Waals surface area contributed by atoms with E-state index in [0.29, 0.717) is 34.6 Å². The van der Waals surface area contributed by atoms with Gasteiger partial charge < -0.3 is 19.0 Å². The van der Waals surface area contributed by atoms with Gasteiger partial charge in [-0.15, -0.1) is 10.2 Å². The monoisotopic (exact) mass is 471 g/mol. The molecule has 9 heteroatoms. The van der Waals surface area contributed by atoms with Gasteiger partial charge in [0.25, 0.3) is 0 Å². The molecule has 0 amide bonds. The maximum Gasteiger partial charge on any atom is 0.200 e. The third kappa shape index (κ3) is 5.59. The molecule has 1 fully saturated rings. The van der Waals surface area contributed by atoms with E-state index < -0.39 is 6.10 Å². The molecule has 1 atom stereocenters. The van der Waals surface area contributed by atoms with Crippen molar-refractivity contribution in [1.82, 2.24) is 14.8 Å². The quantitative estimate of drug-likeness (QED) is 0.333. The summed E-state index contributed by atoms with van der Waals surface area (Å²) in [6.07, 6.45) is 6.71. The van der Waals surface area contributed by atoms with E-state index in [4.69, 9.17) is 13.9 Å². The summed E-state index contributed by atoms with van der Waals surface area (Å²) in [6.45, 7) is 1.59. The molecule has 2 heterocycles. The first kappa shape index (κ1) is 23.4. The van der Waals surface area contributed by atoms with Gasteiger partial charge in [0.05, 0.1) is 19.5 Å². The summed E-state index contributed by atoms with van der Waals surface area (Å²) >= 11 is 1.46. The first-order chi connectivity index (χ1) is 16.1. The minimum atomic E-state index is -0.726. The molecule has 1 unspecified atom stereocenters. The third-order valence-corrected chi connectivity index (χ3v) is 6.84. The van der Waals surface area contributed by atoms with Crippen LogP contribution >= 0.6 is 11.8 Å². The summed E-state index contributed by atoms with van der Waals surface area (Å²) in [4.78, 5) is 11.6. The number of aliphatic hydroxyl groups excluding tert-OH is 1. The van der Waals surface area contributed by atoms with Gasteiger partial charge in [0, 0.05) is 17.4 Å². The topological polar surface area (TPSA) is 99.6 Å². The Labute approximate surface area is 197 Å². The Morgan fingerprint density at radius 2 is 2.06 bits per heavy atom. The van der Waals surface area contributed by atoms with Crippen molar-refractivity contribution >= 4 is 17.5 Å². The number of rotatable bonds is 10. The maximum absolute atomic E-state index is 11.6. The molecular weight excluding hydrogens is 442 g/mol. The van der Waals surface area contributed by atoms with Crippen LogP contribution in [0.4, 0.5) is 0 Å². The number of hydrogen-bond donors (Lipinski definition) is 1. The summed E-state index contributed by atoms with van der Waals surface area (Å²) in [5.41, 5.74) is 0.546. The Bertz CT molecular complexity index is 1060. The van der Waals surface area contributed by atoms with Crippen molar-refractivity contribution in [3.05, 3.63) is 42.2 Å². The molecule has 0 bridgehead atoms. The Kier molecular flexibility index (Phi) is 7.72.